The smallest absolute Gasteiger partial charge is 0.223 e. The molecular formula is C47H46N12O3. The Morgan fingerprint density at radius 3 is 1.56 bits per heavy atom. The van der Waals surface area contributed by atoms with Crippen LogP contribution >= 0.6 is 0 Å². The van der Waals surface area contributed by atoms with Crippen LogP contribution in [0.3, 0.4) is 0 Å². The molecular weight excluding hydrogens is 781 g/mol. The van der Waals surface area contributed by atoms with Crippen molar-refractivity contribution in [1.29, 1.82) is 0 Å². The summed E-state index contributed by atoms with van der Waals surface area (Å²) in [4.78, 5) is 36.2. The maximum absolute atomic E-state index is 13.9. The zero-order chi connectivity index (χ0) is 42.0. The molecule has 1 amide bonds. The van der Waals surface area contributed by atoms with Crippen LogP contribution in [0, 0.1) is 0 Å². The predicted octanol–water partition coefficient (Wildman–Crippen LogP) is 7.94. The van der Waals surface area contributed by atoms with E-state index in [1.54, 1.807) is 0 Å². The number of carbonyl (C=O) groups is 1. The number of hydrogen-bond donors (Lipinski definition) is 2. The van der Waals surface area contributed by atoms with E-state index >= 15 is 0 Å². The SMILES string of the molecule is Nc1ncnc2c1c(-c1ccc(Oc3ccccc3)cc1)nn2[C@@H]1CCCN(CCC(=O)N2CCC[C@H](n3nc(-c4ccc(Oc5ccccc5)cc4)c4c(N)ncnc43)C2)C1. The number of aromatic nitrogens is 8. The van der Waals surface area contributed by atoms with Crippen LogP contribution in [0.1, 0.15) is 44.2 Å². The molecule has 4 N–H and O–H groups in total. The van der Waals surface area contributed by atoms with Crippen molar-refractivity contribution in [3.63, 3.8) is 0 Å². The van der Waals surface area contributed by atoms with Gasteiger partial charge in [-0.3, -0.25) is 4.79 Å². The summed E-state index contributed by atoms with van der Waals surface area (Å²) in [5, 5.41) is 11.6. The highest BCUT2D eigenvalue weighted by Crippen LogP contribution is 2.37. The third kappa shape index (κ3) is 7.85. The normalized spacial score (nSPS) is 17.1. The number of hydrogen-bond acceptors (Lipinski definition) is 12. The van der Waals surface area contributed by atoms with Gasteiger partial charge >= 0.3 is 0 Å². The molecule has 0 aliphatic carbocycles. The maximum atomic E-state index is 13.9. The van der Waals surface area contributed by atoms with Gasteiger partial charge in [-0.1, -0.05) is 36.4 Å². The minimum Gasteiger partial charge on any atom is -0.457 e. The lowest BCUT2D eigenvalue weighted by Gasteiger charge is -2.35. The fourth-order valence-electron chi connectivity index (χ4n) is 8.74. The lowest BCUT2D eigenvalue weighted by molar-refractivity contribution is -0.133. The fraction of sp³-hybridized carbons (Fsp3) is 0.255. The van der Waals surface area contributed by atoms with Crippen LogP contribution < -0.4 is 20.9 Å². The second-order valence-corrected chi connectivity index (χ2v) is 15.9. The molecule has 2 aliphatic heterocycles. The lowest BCUT2D eigenvalue weighted by atomic mass is 10.0. The van der Waals surface area contributed by atoms with Gasteiger partial charge in [0.1, 0.15) is 58.7 Å². The Morgan fingerprint density at radius 1 is 0.581 bits per heavy atom. The number of amides is 1. The Bertz CT molecular complexity index is 2830. The van der Waals surface area contributed by atoms with E-state index < -0.39 is 0 Å². The Labute approximate surface area is 357 Å². The van der Waals surface area contributed by atoms with E-state index in [0.29, 0.717) is 65.8 Å². The number of anilines is 2. The third-order valence-electron chi connectivity index (χ3n) is 11.8. The van der Waals surface area contributed by atoms with Crippen molar-refractivity contribution in [1.82, 2.24) is 49.3 Å². The number of likely N-dealkylation sites (tertiary alicyclic amines) is 2. The number of para-hydroxylation sites is 2. The molecule has 15 nitrogen and oxygen atoms in total. The zero-order valence-electron chi connectivity index (χ0n) is 34.1. The van der Waals surface area contributed by atoms with E-state index in [-0.39, 0.29) is 18.0 Å². The molecule has 2 saturated heterocycles. The standard InChI is InChI=1S/C47H46N12O3/c48-44-40-42(31-15-19-37(20-16-31)61-35-11-3-1-4-12-35)54-58(46(40)52-29-50-44)33-9-7-24-56(27-33)26-23-39(60)57-25-8-10-34(28-57)59-47-41(45(49)51-30-53-47)43(55-59)32-17-21-38(22-18-32)62-36-13-5-2-6-14-36/h1-6,11-22,29-30,33-34H,7-10,23-28H2,(H2,48,50,52)(H2,49,51,53)/t33-,34+/m1/s1. The van der Waals surface area contributed by atoms with Crippen molar-refractivity contribution in [3.05, 3.63) is 122 Å². The fourth-order valence-corrected chi connectivity index (χ4v) is 8.74. The summed E-state index contributed by atoms with van der Waals surface area (Å²) in [5.74, 6) is 3.85. The maximum Gasteiger partial charge on any atom is 0.223 e. The molecule has 4 aromatic heterocycles. The zero-order valence-corrected chi connectivity index (χ0v) is 34.1. The van der Waals surface area contributed by atoms with E-state index in [4.69, 9.17) is 31.1 Å². The van der Waals surface area contributed by atoms with Crippen LogP contribution in [0.4, 0.5) is 11.6 Å². The van der Waals surface area contributed by atoms with Gasteiger partial charge in [-0.2, -0.15) is 10.2 Å². The average Bonchev–Trinajstić information content (AvgIpc) is 3.91. The van der Waals surface area contributed by atoms with Gasteiger partial charge in [0.05, 0.1) is 22.9 Å². The Kier molecular flexibility index (Phi) is 10.6. The van der Waals surface area contributed by atoms with E-state index in [1.165, 1.54) is 12.7 Å². The molecule has 2 atom stereocenters. The van der Waals surface area contributed by atoms with E-state index in [2.05, 4.69) is 24.8 Å². The third-order valence-corrected chi connectivity index (χ3v) is 11.8. The first kappa shape index (κ1) is 38.8. The molecule has 15 heteroatoms. The summed E-state index contributed by atoms with van der Waals surface area (Å²) in [7, 11) is 0. The first-order valence-electron chi connectivity index (χ1n) is 21.1. The first-order valence-corrected chi connectivity index (χ1v) is 21.1. The average molecular weight is 827 g/mol. The molecule has 0 radical (unpaired) electrons. The van der Waals surface area contributed by atoms with E-state index in [1.807, 2.05) is 123 Å². The first-order chi connectivity index (χ1) is 30.4. The number of fused-ring (bicyclic) bond motifs is 2. The van der Waals surface area contributed by atoms with E-state index in [0.717, 1.165) is 78.2 Å². The van der Waals surface area contributed by atoms with Crippen molar-refractivity contribution >= 4 is 39.6 Å². The van der Waals surface area contributed by atoms with Crippen LogP contribution in [0.15, 0.2) is 122 Å². The predicted molar refractivity (Wildman–Crippen MR) is 238 cm³/mol. The molecule has 62 heavy (non-hydrogen) atoms. The van der Waals surface area contributed by atoms with Gasteiger partial charge in [-0.25, -0.2) is 29.3 Å². The minimum atomic E-state index is -0.0670. The molecule has 0 spiro atoms. The van der Waals surface area contributed by atoms with Crippen LogP contribution in [0.25, 0.3) is 44.6 Å². The van der Waals surface area contributed by atoms with Gasteiger partial charge in [-0.15, -0.1) is 0 Å². The summed E-state index contributed by atoms with van der Waals surface area (Å²) in [6.45, 7) is 3.52. The molecule has 0 saturated carbocycles. The summed E-state index contributed by atoms with van der Waals surface area (Å²) in [5.41, 5.74) is 17.5. The largest absolute Gasteiger partial charge is 0.457 e. The topological polar surface area (TPSA) is 181 Å². The summed E-state index contributed by atoms with van der Waals surface area (Å²) < 4.78 is 16.0. The highest BCUT2D eigenvalue weighted by atomic mass is 16.5. The molecule has 2 fully saturated rings. The van der Waals surface area contributed by atoms with Crippen molar-refractivity contribution < 1.29 is 14.3 Å². The minimum absolute atomic E-state index is 0.0498. The number of ether oxygens (including phenoxy) is 2. The number of nitrogen functional groups attached to an aromatic ring is 2. The molecule has 10 rings (SSSR count). The van der Waals surface area contributed by atoms with Gasteiger partial charge in [-0.05, 0) is 105 Å². The molecule has 4 aromatic carbocycles. The number of nitrogens with two attached hydrogens (primary N) is 2. The highest BCUT2D eigenvalue weighted by Gasteiger charge is 2.31. The molecule has 8 aromatic rings. The summed E-state index contributed by atoms with van der Waals surface area (Å²) in [6.07, 6.45) is 7.00. The van der Waals surface area contributed by atoms with Crippen molar-refractivity contribution in [2.24, 2.45) is 0 Å². The van der Waals surface area contributed by atoms with Crippen LogP contribution in [-0.2, 0) is 4.79 Å². The number of piperidine rings is 2. The number of rotatable bonds is 11. The van der Waals surface area contributed by atoms with Crippen molar-refractivity contribution in [3.8, 4) is 45.5 Å². The van der Waals surface area contributed by atoms with Gasteiger partial charge in [0.2, 0.25) is 5.91 Å². The van der Waals surface area contributed by atoms with Gasteiger partial charge in [0.15, 0.2) is 11.3 Å². The van der Waals surface area contributed by atoms with Crippen molar-refractivity contribution in [2.75, 3.05) is 44.2 Å². The number of benzene rings is 4. The van der Waals surface area contributed by atoms with Crippen LogP contribution in [0.2, 0.25) is 0 Å². The van der Waals surface area contributed by atoms with Gasteiger partial charge in [0.25, 0.3) is 0 Å². The second kappa shape index (κ2) is 16.9. The molecule has 0 bridgehead atoms. The molecule has 2 aliphatic rings. The van der Waals surface area contributed by atoms with E-state index in [9.17, 15) is 4.79 Å². The summed E-state index contributed by atoms with van der Waals surface area (Å²) in [6, 6.07) is 34.9. The molecule has 0 unspecified atom stereocenters. The number of carbonyl (C=O) groups excluding carboxylic acids is 1. The lowest BCUT2D eigenvalue weighted by Crippen LogP contribution is -2.43. The second-order valence-electron chi connectivity index (χ2n) is 15.9. The monoisotopic (exact) mass is 826 g/mol. The van der Waals surface area contributed by atoms with Crippen LogP contribution in [0.5, 0.6) is 23.0 Å². The van der Waals surface area contributed by atoms with Gasteiger partial charge < -0.3 is 30.7 Å². The van der Waals surface area contributed by atoms with Gasteiger partial charge in [0, 0.05) is 43.7 Å². The summed E-state index contributed by atoms with van der Waals surface area (Å²) >= 11 is 0. The Hall–Kier alpha value is -7.39. The Morgan fingerprint density at radius 2 is 1.05 bits per heavy atom. The highest BCUT2D eigenvalue weighted by molar-refractivity contribution is 5.99. The number of nitrogens with zero attached hydrogens (tertiary/aromatic N) is 10. The molecule has 6 heterocycles. The molecule has 312 valence electrons. The van der Waals surface area contributed by atoms with Crippen LogP contribution in [-0.4, -0.2) is 87.9 Å². The Balaban J connectivity index is 0.812. The quantitative estimate of drug-likeness (QED) is 0.129. The van der Waals surface area contributed by atoms with Crippen molar-refractivity contribution in [2.45, 2.75) is 44.2 Å².